The van der Waals surface area contributed by atoms with Gasteiger partial charge in [-0.05, 0) is 0 Å². The van der Waals surface area contributed by atoms with Gasteiger partial charge in [-0.3, -0.25) is 0 Å². The van der Waals surface area contributed by atoms with Crippen LogP contribution in [0.2, 0.25) is 0 Å². The number of rotatable bonds is 1. The Morgan fingerprint density at radius 1 is 1.50 bits per heavy atom. The molecule has 1 aliphatic heterocycles. The molecule has 3 N–H and O–H groups in total. The van der Waals surface area contributed by atoms with Crippen molar-refractivity contribution in [2.45, 2.75) is 13.0 Å². The minimum atomic E-state index is -1.18. The lowest BCUT2D eigenvalue weighted by molar-refractivity contribution is 0.0679. The van der Waals surface area contributed by atoms with Gasteiger partial charge in [0.25, 0.3) is 0 Å². The van der Waals surface area contributed by atoms with Crippen LogP contribution in [0.5, 0.6) is 0 Å². The number of ether oxygens (including phenoxy) is 1. The fraction of sp³-hybridized carbons (Fsp3) is 0.375. The summed E-state index contributed by atoms with van der Waals surface area (Å²) >= 11 is 0. The van der Waals surface area contributed by atoms with E-state index in [0.717, 1.165) is 5.56 Å². The zero-order chi connectivity index (χ0) is 10.1. The van der Waals surface area contributed by atoms with Crippen LogP contribution in [-0.4, -0.2) is 27.7 Å². The Labute approximate surface area is 79.7 Å². The van der Waals surface area contributed by atoms with Crippen LogP contribution in [0.1, 0.15) is 21.9 Å². The maximum atomic E-state index is 10.6. The molecule has 0 aromatic carbocycles. The number of hydrogen-bond acceptors (Lipinski definition) is 5. The number of nitrogens with zero attached hydrogens (tertiary/aromatic N) is 2. The Hall–Kier alpha value is -1.69. The first-order valence-electron chi connectivity index (χ1n) is 4.15. The SMILES string of the molecule is Nc1nc(C(=O)O)nc2c1CCOC2. The van der Waals surface area contributed by atoms with Crippen molar-refractivity contribution < 1.29 is 14.6 Å². The van der Waals surface area contributed by atoms with E-state index in [-0.39, 0.29) is 11.6 Å². The monoisotopic (exact) mass is 195 g/mol. The molecule has 0 radical (unpaired) electrons. The number of anilines is 1. The van der Waals surface area contributed by atoms with E-state index in [1.54, 1.807) is 0 Å². The fourth-order valence-electron chi connectivity index (χ4n) is 1.38. The van der Waals surface area contributed by atoms with E-state index in [2.05, 4.69) is 9.97 Å². The Bertz CT molecular complexity index is 392. The zero-order valence-electron chi connectivity index (χ0n) is 7.36. The fourth-order valence-corrected chi connectivity index (χ4v) is 1.38. The highest BCUT2D eigenvalue weighted by Gasteiger charge is 2.18. The molecule has 1 aromatic heterocycles. The first-order valence-corrected chi connectivity index (χ1v) is 4.15. The largest absolute Gasteiger partial charge is 0.475 e. The Balaban J connectivity index is 2.51. The molecular weight excluding hydrogens is 186 g/mol. The van der Waals surface area contributed by atoms with E-state index in [9.17, 15) is 4.79 Å². The van der Waals surface area contributed by atoms with Gasteiger partial charge in [-0.15, -0.1) is 0 Å². The smallest absolute Gasteiger partial charge is 0.374 e. The molecule has 74 valence electrons. The number of carboxylic acid groups (broad SMARTS) is 1. The molecule has 0 saturated heterocycles. The summed E-state index contributed by atoms with van der Waals surface area (Å²) in [6.07, 6.45) is 0.640. The van der Waals surface area contributed by atoms with Crippen molar-refractivity contribution in [3.05, 3.63) is 17.1 Å². The summed E-state index contributed by atoms with van der Waals surface area (Å²) in [5.41, 5.74) is 7.00. The molecule has 14 heavy (non-hydrogen) atoms. The number of carboxylic acids is 1. The number of carbonyl (C=O) groups is 1. The van der Waals surface area contributed by atoms with Crippen LogP contribution in [0.15, 0.2) is 0 Å². The van der Waals surface area contributed by atoms with E-state index in [4.69, 9.17) is 15.6 Å². The van der Waals surface area contributed by atoms with Gasteiger partial charge < -0.3 is 15.6 Å². The molecule has 0 bridgehead atoms. The molecule has 2 rings (SSSR count). The number of aromatic carboxylic acids is 1. The van der Waals surface area contributed by atoms with Gasteiger partial charge in [-0.25, -0.2) is 14.8 Å². The van der Waals surface area contributed by atoms with E-state index in [1.807, 2.05) is 0 Å². The first-order chi connectivity index (χ1) is 6.68. The molecule has 0 aliphatic carbocycles. The van der Waals surface area contributed by atoms with Crippen molar-refractivity contribution in [1.82, 2.24) is 9.97 Å². The molecule has 0 fully saturated rings. The number of nitrogens with two attached hydrogens (primary N) is 1. The van der Waals surface area contributed by atoms with Gasteiger partial charge in [0.15, 0.2) is 0 Å². The topological polar surface area (TPSA) is 98.3 Å². The molecule has 0 saturated carbocycles. The highest BCUT2D eigenvalue weighted by atomic mass is 16.5. The minimum Gasteiger partial charge on any atom is -0.475 e. The Kier molecular flexibility index (Phi) is 2.05. The molecule has 6 heteroatoms. The van der Waals surface area contributed by atoms with Gasteiger partial charge >= 0.3 is 5.97 Å². The van der Waals surface area contributed by atoms with E-state index in [1.165, 1.54) is 0 Å². The summed E-state index contributed by atoms with van der Waals surface area (Å²) < 4.78 is 5.15. The van der Waals surface area contributed by atoms with Crippen LogP contribution in [-0.2, 0) is 17.8 Å². The van der Waals surface area contributed by atoms with Gasteiger partial charge in [0.1, 0.15) is 5.82 Å². The van der Waals surface area contributed by atoms with Gasteiger partial charge in [-0.1, -0.05) is 0 Å². The second-order valence-electron chi connectivity index (χ2n) is 2.97. The maximum absolute atomic E-state index is 10.6. The van der Waals surface area contributed by atoms with E-state index in [0.29, 0.717) is 25.3 Å². The molecule has 2 heterocycles. The van der Waals surface area contributed by atoms with Crippen LogP contribution in [0, 0.1) is 0 Å². The van der Waals surface area contributed by atoms with Gasteiger partial charge in [0.2, 0.25) is 5.82 Å². The number of fused-ring (bicyclic) bond motifs is 1. The second kappa shape index (κ2) is 3.22. The number of hydrogen-bond donors (Lipinski definition) is 2. The predicted molar refractivity (Wildman–Crippen MR) is 46.8 cm³/mol. The first kappa shape index (κ1) is 8.89. The second-order valence-corrected chi connectivity index (χ2v) is 2.97. The standard InChI is InChI=1S/C8H9N3O3/c9-6-4-1-2-14-3-5(4)10-7(11-6)8(12)13/h1-3H2,(H,12,13)(H2,9,10,11). The quantitative estimate of drug-likeness (QED) is 0.645. The summed E-state index contributed by atoms with van der Waals surface area (Å²) in [5.74, 6) is -1.20. The van der Waals surface area contributed by atoms with Crippen LogP contribution in [0.25, 0.3) is 0 Å². The third kappa shape index (κ3) is 1.39. The lowest BCUT2D eigenvalue weighted by atomic mass is 10.1. The highest BCUT2D eigenvalue weighted by Crippen LogP contribution is 2.19. The molecule has 0 atom stereocenters. The van der Waals surface area contributed by atoms with Crippen LogP contribution >= 0.6 is 0 Å². The van der Waals surface area contributed by atoms with Crippen molar-refractivity contribution in [3.8, 4) is 0 Å². The Morgan fingerprint density at radius 2 is 2.29 bits per heavy atom. The summed E-state index contributed by atoms with van der Waals surface area (Å²) in [6, 6.07) is 0. The third-order valence-electron chi connectivity index (χ3n) is 2.05. The zero-order valence-corrected chi connectivity index (χ0v) is 7.36. The predicted octanol–water partition coefficient (Wildman–Crippen LogP) is -0.170. The minimum absolute atomic E-state index is 0.246. The Morgan fingerprint density at radius 3 is 3.00 bits per heavy atom. The number of nitrogen functional groups attached to an aromatic ring is 1. The van der Waals surface area contributed by atoms with Gasteiger partial charge in [-0.2, -0.15) is 0 Å². The van der Waals surface area contributed by atoms with Crippen LogP contribution in [0.3, 0.4) is 0 Å². The van der Waals surface area contributed by atoms with Crippen molar-refractivity contribution in [3.63, 3.8) is 0 Å². The third-order valence-corrected chi connectivity index (χ3v) is 2.05. The van der Waals surface area contributed by atoms with Crippen molar-refractivity contribution >= 4 is 11.8 Å². The highest BCUT2D eigenvalue weighted by molar-refractivity contribution is 5.83. The van der Waals surface area contributed by atoms with Gasteiger partial charge in [0.05, 0.1) is 18.9 Å². The molecule has 0 amide bonds. The van der Waals surface area contributed by atoms with Gasteiger partial charge in [0, 0.05) is 12.0 Å². The van der Waals surface area contributed by atoms with Crippen LogP contribution < -0.4 is 5.73 Å². The number of aromatic nitrogens is 2. The summed E-state index contributed by atoms with van der Waals surface area (Å²) in [6.45, 7) is 0.884. The van der Waals surface area contributed by atoms with Crippen molar-refractivity contribution in [1.29, 1.82) is 0 Å². The average molecular weight is 195 g/mol. The molecule has 6 nitrogen and oxygen atoms in total. The van der Waals surface area contributed by atoms with Crippen LogP contribution in [0.4, 0.5) is 5.82 Å². The summed E-state index contributed by atoms with van der Waals surface area (Å²) in [7, 11) is 0. The maximum Gasteiger partial charge on any atom is 0.374 e. The lowest BCUT2D eigenvalue weighted by Crippen LogP contribution is -2.18. The molecular formula is C8H9N3O3. The normalized spacial score (nSPS) is 14.9. The van der Waals surface area contributed by atoms with E-state index < -0.39 is 5.97 Å². The molecule has 1 aromatic rings. The summed E-state index contributed by atoms with van der Waals surface area (Å²) in [5, 5.41) is 8.69. The van der Waals surface area contributed by atoms with E-state index >= 15 is 0 Å². The average Bonchev–Trinajstić information content (AvgIpc) is 2.17. The van der Waals surface area contributed by atoms with Crippen molar-refractivity contribution in [2.75, 3.05) is 12.3 Å². The lowest BCUT2D eigenvalue weighted by Gasteiger charge is -2.16. The summed E-state index contributed by atoms with van der Waals surface area (Å²) in [4.78, 5) is 18.2. The molecule has 1 aliphatic rings. The molecule has 0 unspecified atom stereocenters. The van der Waals surface area contributed by atoms with Crippen molar-refractivity contribution in [2.24, 2.45) is 0 Å². The molecule has 0 spiro atoms.